The molecule has 7 heteroatoms. The quantitative estimate of drug-likeness (QED) is 0.308. The zero-order chi connectivity index (χ0) is 25.7. The van der Waals surface area contributed by atoms with E-state index in [0.29, 0.717) is 48.1 Å². The molecule has 1 saturated heterocycles. The van der Waals surface area contributed by atoms with Crippen LogP contribution in [0.5, 0.6) is 11.5 Å². The van der Waals surface area contributed by atoms with Crippen molar-refractivity contribution < 1.29 is 24.2 Å². The third kappa shape index (κ3) is 5.85. The van der Waals surface area contributed by atoms with Gasteiger partial charge in [-0.15, -0.1) is 0 Å². The second-order valence-corrected chi connectivity index (χ2v) is 9.57. The first kappa shape index (κ1) is 26.3. The maximum atomic E-state index is 13.3. The summed E-state index contributed by atoms with van der Waals surface area (Å²) in [5, 5.41) is 11.4. The highest BCUT2D eigenvalue weighted by Gasteiger charge is 2.46. The summed E-state index contributed by atoms with van der Waals surface area (Å²) in [6, 6.07) is 11.9. The molecule has 0 radical (unpaired) electrons. The number of likely N-dealkylation sites (tertiary alicyclic amines) is 1. The number of para-hydroxylation sites is 1. The van der Waals surface area contributed by atoms with Crippen molar-refractivity contribution in [1.82, 2.24) is 9.80 Å². The summed E-state index contributed by atoms with van der Waals surface area (Å²) in [5.41, 5.74) is 1.98. The predicted molar refractivity (Wildman–Crippen MR) is 137 cm³/mol. The molecule has 1 amide bonds. The number of aryl methyl sites for hydroxylation is 1. The summed E-state index contributed by atoms with van der Waals surface area (Å²) >= 11 is 0. The van der Waals surface area contributed by atoms with Crippen molar-refractivity contribution >= 4 is 17.4 Å². The van der Waals surface area contributed by atoms with Crippen molar-refractivity contribution in [3.8, 4) is 11.5 Å². The van der Waals surface area contributed by atoms with E-state index in [9.17, 15) is 14.7 Å². The molecule has 1 atom stereocenters. The zero-order valence-electron chi connectivity index (χ0n) is 21.5. The van der Waals surface area contributed by atoms with Crippen LogP contribution < -0.4 is 9.47 Å². The molecule has 7 nitrogen and oxygen atoms in total. The van der Waals surface area contributed by atoms with E-state index in [1.807, 2.05) is 50.2 Å². The molecule has 1 N–H and O–H groups in total. The average molecular weight is 481 g/mol. The fourth-order valence-corrected chi connectivity index (χ4v) is 4.28. The molecule has 188 valence electrons. The molecule has 1 aliphatic heterocycles. The first-order valence-corrected chi connectivity index (χ1v) is 12.0. The molecule has 35 heavy (non-hydrogen) atoms. The molecule has 1 fully saturated rings. The number of ketones is 1. The number of aliphatic hydroxyl groups excluding tert-OH is 1. The number of benzene rings is 2. The van der Waals surface area contributed by atoms with Crippen LogP contribution >= 0.6 is 0 Å². The van der Waals surface area contributed by atoms with E-state index in [0.717, 1.165) is 12.1 Å². The molecule has 2 aromatic rings. The largest absolute Gasteiger partial charge is 0.507 e. The molecular weight excluding hydrogens is 444 g/mol. The lowest BCUT2D eigenvalue weighted by Crippen LogP contribution is -2.32. The number of amides is 1. The lowest BCUT2D eigenvalue weighted by atomic mass is 9.93. The lowest BCUT2D eigenvalue weighted by molar-refractivity contribution is -0.140. The molecular formula is C28H36N2O5. The minimum atomic E-state index is -0.746. The van der Waals surface area contributed by atoms with E-state index in [1.165, 1.54) is 0 Å². The molecule has 2 aromatic carbocycles. The van der Waals surface area contributed by atoms with Crippen LogP contribution in [-0.4, -0.2) is 67.5 Å². The number of aliphatic hydroxyl groups is 1. The van der Waals surface area contributed by atoms with Gasteiger partial charge in [0.25, 0.3) is 11.7 Å². The zero-order valence-corrected chi connectivity index (χ0v) is 21.5. The van der Waals surface area contributed by atoms with Crippen molar-refractivity contribution in [2.75, 3.05) is 40.9 Å². The Morgan fingerprint density at radius 2 is 1.86 bits per heavy atom. The second-order valence-electron chi connectivity index (χ2n) is 9.57. The monoisotopic (exact) mass is 480 g/mol. The van der Waals surface area contributed by atoms with E-state index in [4.69, 9.17) is 9.47 Å². The summed E-state index contributed by atoms with van der Waals surface area (Å²) in [5.74, 6) is 0.128. The van der Waals surface area contributed by atoms with E-state index in [1.54, 1.807) is 30.2 Å². The fourth-order valence-electron chi connectivity index (χ4n) is 4.28. The fraction of sp³-hybridized carbons (Fsp3) is 0.429. The van der Waals surface area contributed by atoms with E-state index in [-0.39, 0.29) is 11.3 Å². The Balaban J connectivity index is 2.09. The van der Waals surface area contributed by atoms with Crippen molar-refractivity contribution in [2.24, 2.45) is 5.92 Å². The van der Waals surface area contributed by atoms with Gasteiger partial charge in [-0.1, -0.05) is 32.0 Å². The van der Waals surface area contributed by atoms with Crippen LogP contribution in [0.25, 0.3) is 5.76 Å². The number of rotatable bonds is 10. The van der Waals surface area contributed by atoms with Crippen molar-refractivity contribution in [1.29, 1.82) is 0 Å². The topological polar surface area (TPSA) is 79.3 Å². The highest BCUT2D eigenvalue weighted by atomic mass is 16.5. The van der Waals surface area contributed by atoms with E-state index in [2.05, 4.69) is 13.8 Å². The first-order chi connectivity index (χ1) is 16.6. The maximum Gasteiger partial charge on any atom is 0.295 e. The molecule has 0 saturated carbocycles. The van der Waals surface area contributed by atoms with Gasteiger partial charge in [0.2, 0.25) is 0 Å². The molecule has 0 spiro atoms. The van der Waals surface area contributed by atoms with Crippen LogP contribution in [0, 0.1) is 12.8 Å². The number of methoxy groups -OCH3 is 1. The lowest BCUT2D eigenvalue weighted by Gasteiger charge is -2.27. The normalized spacial score (nSPS) is 17.5. The highest BCUT2D eigenvalue weighted by Crippen LogP contribution is 2.43. The second kappa shape index (κ2) is 11.4. The molecule has 0 unspecified atom stereocenters. The Hall–Kier alpha value is -3.32. The van der Waals surface area contributed by atoms with Gasteiger partial charge in [-0.05, 0) is 69.7 Å². The molecule has 1 heterocycles. The minimum absolute atomic E-state index is 0.0725. The van der Waals surface area contributed by atoms with E-state index < -0.39 is 17.7 Å². The maximum absolute atomic E-state index is 13.3. The number of nitrogens with zero attached hydrogens (tertiary/aromatic N) is 2. The molecule has 0 aromatic heterocycles. The highest BCUT2D eigenvalue weighted by molar-refractivity contribution is 6.46. The Labute approximate surface area is 207 Å². The molecule has 1 aliphatic rings. The van der Waals surface area contributed by atoms with Crippen molar-refractivity contribution in [3.63, 3.8) is 0 Å². The number of Topliss-reactive ketones (excluding diaryl/α,β-unsaturated/α-hetero) is 1. The van der Waals surface area contributed by atoms with Gasteiger partial charge in [0.1, 0.15) is 17.3 Å². The number of ether oxygens (including phenoxy) is 2. The number of hydrogen-bond donors (Lipinski definition) is 1. The summed E-state index contributed by atoms with van der Waals surface area (Å²) in [4.78, 5) is 30.0. The van der Waals surface area contributed by atoms with Crippen LogP contribution in [0.15, 0.2) is 48.0 Å². The van der Waals surface area contributed by atoms with Crippen LogP contribution in [0.4, 0.5) is 0 Å². The third-order valence-electron chi connectivity index (χ3n) is 6.01. The van der Waals surface area contributed by atoms with Crippen LogP contribution in [0.1, 0.15) is 43.0 Å². The van der Waals surface area contributed by atoms with Gasteiger partial charge in [0.15, 0.2) is 0 Å². The van der Waals surface area contributed by atoms with Crippen molar-refractivity contribution in [3.05, 3.63) is 64.7 Å². The predicted octanol–water partition coefficient (Wildman–Crippen LogP) is 4.41. The average Bonchev–Trinajstić information content (AvgIpc) is 3.07. The van der Waals surface area contributed by atoms with Gasteiger partial charge in [-0.2, -0.15) is 0 Å². The number of carbonyl (C=O) groups is 2. The van der Waals surface area contributed by atoms with Crippen LogP contribution in [-0.2, 0) is 9.59 Å². The summed E-state index contributed by atoms with van der Waals surface area (Å²) in [6.07, 6.45) is 0.687. The van der Waals surface area contributed by atoms with E-state index >= 15 is 0 Å². The standard InChI is InChI=1S/C28H36N2O5/c1-18(2)17-35-20-12-13-21(19(3)16-20)26(31)24-25(22-10-7-8-11-23(22)34-6)30(28(33)27(24)32)15-9-14-29(4)5/h7-8,10-13,16,18,25,31H,9,14-15,17H2,1-6H3/b26-24+/t25-/m1/s1. The van der Waals surface area contributed by atoms with Crippen LogP contribution in [0.3, 0.4) is 0 Å². The Kier molecular flexibility index (Phi) is 8.57. The number of hydrogen-bond acceptors (Lipinski definition) is 6. The SMILES string of the molecule is COc1ccccc1[C@@H]1/C(=C(\O)c2ccc(OCC(C)C)cc2C)C(=O)C(=O)N1CCCN(C)C. The van der Waals surface area contributed by atoms with Crippen molar-refractivity contribution in [2.45, 2.75) is 33.2 Å². The minimum Gasteiger partial charge on any atom is -0.507 e. The Bertz CT molecular complexity index is 1110. The van der Waals surface area contributed by atoms with Gasteiger partial charge >= 0.3 is 0 Å². The Morgan fingerprint density at radius 1 is 1.14 bits per heavy atom. The van der Waals surface area contributed by atoms with Gasteiger partial charge in [-0.3, -0.25) is 9.59 Å². The van der Waals surface area contributed by atoms with Gasteiger partial charge in [-0.25, -0.2) is 0 Å². The van der Waals surface area contributed by atoms with Gasteiger partial charge in [0.05, 0.1) is 25.3 Å². The van der Waals surface area contributed by atoms with Crippen LogP contribution in [0.2, 0.25) is 0 Å². The Morgan fingerprint density at radius 3 is 2.49 bits per heavy atom. The smallest absolute Gasteiger partial charge is 0.295 e. The van der Waals surface area contributed by atoms with Gasteiger partial charge in [0, 0.05) is 17.7 Å². The van der Waals surface area contributed by atoms with Gasteiger partial charge < -0.3 is 24.4 Å². The summed E-state index contributed by atoms with van der Waals surface area (Å²) in [7, 11) is 5.48. The first-order valence-electron chi connectivity index (χ1n) is 12.0. The third-order valence-corrected chi connectivity index (χ3v) is 6.01. The summed E-state index contributed by atoms with van der Waals surface area (Å²) in [6.45, 7) is 7.71. The number of carbonyl (C=O) groups excluding carboxylic acids is 2. The molecule has 0 bridgehead atoms. The molecule has 3 rings (SSSR count). The molecule has 0 aliphatic carbocycles. The summed E-state index contributed by atoms with van der Waals surface area (Å²) < 4.78 is 11.4.